The molecular formula is C35H40FN7O5S. The summed E-state index contributed by atoms with van der Waals surface area (Å²) in [5.74, 6) is -0.202. The largest absolute Gasteiger partial charge is 0.453 e. The highest BCUT2D eigenvalue weighted by molar-refractivity contribution is 7.22. The first kappa shape index (κ1) is 34.1. The Labute approximate surface area is 288 Å². The molecule has 49 heavy (non-hydrogen) atoms. The molecule has 2 saturated heterocycles. The summed E-state index contributed by atoms with van der Waals surface area (Å²) in [6, 6.07) is 11.4. The molecule has 14 heteroatoms. The van der Waals surface area contributed by atoms with Crippen molar-refractivity contribution in [3.05, 3.63) is 66.2 Å². The molecule has 0 radical (unpaired) electrons. The highest BCUT2D eigenvalue weighted by atomic mass is 32.1. The van der Waals surface area contributed by atoms with E-state index >= 15 is 4.39 Å². The van der Waals surface area contributed by atoms with Crippen LogP contribution in [0.25, 0.3) is 20.8 Å². The number of thiophene rings is 1. The Morgan fingerprint density at radius 1 is 0.980 bits per heavy atom. The van der Waals surface area contributed by atoms with Gasteiger partial charge in [0.2, 0.25) is 5.91 Å². The lowest BCUT2D eigenvalue weighted by atomic mass is 10.0. The zero-order valence-corrected chi connectivity index (χ0v) is 28.7. The van der Waals surface area contributed by atoms with E-state index in [4.69, 9.17) is 14.5 Å². The van der Waals surface area contributed by atoms with Gasteiger partial charge in [-0.05, 0) is 63.4 Å². The quantitative estimate of drug-likeness (QED) is 0.201. The molecule has 1 aromatic carbocycles. The van der Waals surface area contributed by atoms with Gasteiger partial charge in [-0.2, -0.15) is 0 Å². The SMILES string of the molecule is CC(=O)N1CC(NC(=O)Nc2ccc(Oc3ccnc4cc(-c5ccc(CN6CCC(NC(=O)OC(C)(C)C)CC6)cn5)sc34)c(F)c2)C1. The first-order valence-corrected chi connectivity index (χ1v) is 17.1. The maximum absolute atomic E-state index is 15.1. The van der Waals surface area contributed by atoms with Gasteiger partial charge in [0.1, 0.15) is 11.4 Å². The van der Waals surface area contributed by atoms with Crippen molar-refractivity contribution in [2.45, 2.75) is 64.8 Å². The lowest BCUT2D eigenvalue weighted by Gasteiger charge is -2.38. The number of piperidine rings is 1. The standard InChI is InChI=1S/C35H40FN7O5S/c1-21(44)43-19-25(20-43)40-33(45)39-24-6-8-29(26(36)15-24)47-30-9-12-37-28-16-31(49-32(28)30)27-7-5-22(17-38-27)18-42-13-10-23(11-14-42)41-34(46)48-35(2,3)4/h5-9,12,15-17,23,25H,10-11,13-14,18-20H2,1-4H3,(H,41,46)(H2,39,40,45). The molecule has 0 unspecified atom stereocenters. The number of likely N-dealkylation sites (tertiary alicyclic amines) is 2. The highest BCUT2D eigenvalue weighted by Gasteiger charge is 2.30. The molecule has 0 atom stereocenters. The summed E-state index contributed by atoms with van der Waals surface area (Å²) in [6.07, 6.45) is 4.84. The zero-order valence-electron chi connectivity index (χ0n) is 27.9. The number of halogens is 1. The fourth-order valence-electron chi connectivity index (χ4n) is 5.71. The predicted molar refractivity (Wildman–Crippen MR) is 185 cm³/mol. The van der Waals surface area contributed by atoms with Gasteiger partial charge in [-0.3, -0.25) is 19.7 Å². The summed E-state index contributed by atoms with van der Waals surface area (Å²) in [7, 11) is 0. The Morgan fingerprint density at radius 3 is 2.43 bits per heavy atom. The van der Waals surface area contributed by atoms with Gasteiger partial charge in [0.25, 0.3) is 0 Å². The van der Waals surface area contributed by atoms with Crippen molar-refractivity contribution in [1.82, 2.24) is 30.4 Å². The van der Waals surface area contributed by atoms with Gasteiger partial charge in [0.05, 0.1) is 26.8 Å². The van der Waals surface area contributed by atoms with Gasteiger partial charge < -0.3 is 30.3 Å². The lowest BCUT2D eigenvalue weighted by Crippen LogP contribution is -2.61. The third-order valence-corrected chi connectivity index (χ3v) is 9.40. The second-order valence-corrected chi connectivity index (χ2v) is 14.4. The van der Waals surface area contributed by atoms with Gasteiger partial charge in [0.15, 0.2) is 11.6 Å². The van der Waals surface area contributed by atoms with E-state index in [1.165, 1.54) is 30.4 Å². The van der Waals surface area contributed by atoms with Crippen LogP contribution in [-0.4, -0.2) is 81.7 Å². The van der Waals surface area contributed by atoms with E-state index in [9.17, 15) is 14.4 Å². The molecule has 2 fully saturated rings. The van der Waals surface area contributed by atoms with Gasteiger partial charge >= 0.3 is 12.1 Å². The Balaban J connectivity index is 1.03. The molecular weight excluding hydrogens is 649 g/mol. The number of pyridine rings is 2. The topological polar surface area (TPSA) is 138 Å². The van der Waals surface area contributed by atoms with Gasteiger partial charge in [-0.15, -0.1) is 11.3 Å². The number of hydrogen-bond donors (Lipinski definition) is 3. The van der Waals surface area contributed by atoms with Crippen molar-refractivity contribution in [2.75, 3.05) is 31.5 Å². The van der Waals surface area contributed by atoms with Crippen LogP contribution in [0.15, 0.2) is 54.9 Å². The van der Waals surface area contributed by atoms with Gasteiger partial charge in [-0.25, -0.2) is 14.0 Å². The van der Waals surface area contributed by atoms with E-state index in [1.54, 1.807) is 23.2 Å². The number of benzene rings is 1. The molecule has 258 valence electrons. The average Bonchev–Trinajstić information content (AvgIpc) is 3.46. The number of anilines is 1. The molecule has 0 saturated carbocycles. The Morgan fingerprint density at radius 2 is 1.76 bits per heavy atom. The number of fused-ring (bicyclic) bond motifs is 1. The van der Waals surface area contributed by atoms with E-state index in [0.717, 1.165) is 53.3 Å². The fraction of sp³-hybridized carbons (Fsp3) is 0.400. The van der Waals surface area contributed by atoms with Crippen LogP contribution in [0, 0.1) is 5.82 Å². The van der Waals surface area contributed by atoms with Crippen molar-refractivity contribution in [2.24, 2.45) is 0 Å². The van der Waals surface area contributed by atoms with Crippen molar-refractivity contribution < 1.29 is 28.2 Å². The molecule has 3 aromatic heterocycles. The summed E-state index contributed by atoms with van der Waals surface area (Å²) in [5.41, 5.74) is 2.37. The minimum atomic E-state index is -0.633. The van der Waals surface area contributed by atoms with Crippen molar-refractivity contribution in [3.63, 3.8) is 0 Å². The minimum absolute atomic E-state index is 0.0108. The highest BCUT2D eigenvalue weighted by Crippen LogP contribution is 2.39. The van der Waals surface area contributed by atoms with E-state index in [-0.39, 0.29) is 35.5 Å². The van der Waals surface area contributed by atoms with Gasteiger partial charge in [0, 0.05) is 75.9 Å². The summed E-state index contributed by atoms with van der Waals surface area (Å²) in [5, 5.41) is 8.37. The normalized spacial score (nSPS) is 15.8. The van der Waals surface area contributed by atoms with Crippen molar-refractivity contribution >= 4 is 45.3 Å². The maximum Gasteiger partial charge on any atom is 0.407 e. The van der Waals surface area contributed by atoms with Crippen LogP contribution in [0.3, 0.4) is 0 Å². The molecule has 5 heterocycles. The summed E-state index contributed by atoms with van der Waals surface area (Å²) < 4.78 is 27.2. The van der Waals surface area contributed by atoms with Crippen LogP contribution < -0.4 is 20.7 Å². The number of nitrogens with one attached hydrogen (secondary N) is 3. The molecule has 6 rings (SSSR count). The number of ether oxygens (including phenoxy) is 2. The third kappa shape index (κ3) is 8.81. The van der Waals surface area contributed by atoms with E-state index in [0.29, 0.717) is 24.4 Å². The molecule has 2 aliphatic heterocycles. The second-order valence-electron chi connectivity index (χ2n) is 13.3. The summed E-state index contributed by atoms with van der Waals surface area (Å²) >= 11 is 1.46. The molecule has 12 nitrogen and oxygen atoms in total. The van der Waals surface area contributed by atoms with Crippen LogP contribution >= 0.6 is 11.3 Å². The predicted octanol–water partition coefficient (Wildman–Crippen LogP) is 6.13. The first-order valence-electron chi connectivity index (χ1n) is 16.2. The molecule has 3 N–H and O–H groups in total. The first-order chi connectivity index (χ1) is 23.4. The molecule has 2 aliphatic rings. The Hall–Kier alpha value is -4.82. The molecule has 4 amide bonds. The summed E-state index contributed by atoms with van der Waals surface area (Å²) in [6.45, 7) is 10.5. The van der Waals surface area contributed by atoms with Crippen molar-refractivity contribution in [3.8, 4) is 22.1 Å². The van der Waals surface area contributed by atoms with Crippen LogP contribution in [-0.2, 0) is 16.1 Å². The van der Waals surface area contributed by atoms with Crippen LogP contribution in [0.5, 0.6) is 11.5 Å². The molecule has 0 spiro atoms. The average molecular weight is 690 g/mol. The zero-order chi connectivity index (χ0) is 34.7. The van der Waals surface area contributed by atoms with E-state index in [1.807, 2.05) is 39.1 Å². The number of urea groups is 1. The number of rotatable bonds is 8. The van der Waals surface area contributed by atoms with Gasteiger partial charge in [-0.1, -0.05) is 6.07 Å². The molecule has 0 bridgehead atoms. The fourth-order valence-corrected chi connectivity index (χ4v) is 6.75. The third-order valence-electron chi connectivity index (χ3n) is 8.24. The number of aromatic nitrogens is 2. The monoisotopic (exact) mass is 689 g/mol. The summed E-state index contributed by atoms with van der Waals surface area (Å²) in [4.78, 5) is 49.8. The maximum atomic E-state index is 15.1. The van der Waals surface area contributed by atoms with E-state index < -0.39 is 17.4 Å². The smallest absolute Gasteiger partial charge is 0.407 e. The number of alkyl carbamates (subject to hydrolysis) is 1. The minimum Gasteiger partial charge on any atom is -0.453 e. The number of hydrogen-bond acceptors (Lipinski definition) is 9. The molecule has 0 aliphatic carbocycles. The molecule has 4 aromatic rings. The van der Waals surface area contributed by atoms with Crippen LogP contribution in [0.2, 0.25) is 0 Å². The van der Waals surface area contributed by atoms with E-state index in [2.05, 4.69) is 31.9 Å². The Bertz CT molecular complexity index is 1830. The Kier molecular flexibility index (Phi) is 9.97. The number of carbonyl (C=O) groups is 3. The van der Waals surface area contributed by atoms with Crippen molar-refractivity contribution in [1.29, 1.82) is 0 Å². The van der Waals surface area contributed by atoms with Crippen LogP contribution in [0.1, 0.15) is 46.1 Å². The number of carbonyl (C=O) groups excluding carboxylic acids is 3. The second kappa shape index (κ2) is 14.3. The van der Waals surface area contributed by atoms with Crippen LogP contribution in [0.4, 0.5) is 19.7 Å². The number of amides is 4. The number of nitrogens with zero attached hydrogens (tertiary/aromatic N) is 4. The lowest BCUT2D eigenvalue weighted by molar-refractivity contribution is -0.133.